The van der Waals surface area contributed by atoms with Crippen molar-refractivity contribution in [3.63, 3.8) is 0 Å². The molecule has 0 atom stereocenters. The molecule has 0 saturated carbocycles. The normalized spacial score (nSPS) is 10.0. The second-order valence-corrected chi connectivity index (χ2v) is 3.13. The lowest BCUT2D eigenvalue weighted by Gasteiger charge is -2.02. The SMILES string of the molecule is Nc1cnn(CC(=O)Nc2cccnn2)c1. The largest absolute Gasteiger partial charge is 0.396 e. The van der Waals surface area contributed by atoms with Gasteiger partial charge in [-0.25, -0.2) is 0 Å². The molecule has 3 N–H and O–H groups in total. The van der Waals surface area contributed by atoms with Gasteiger partial charge in [0.15, 0.2) is 5.82 Å². The van der Waals surface area contributed by atoms with E-state index < -0.39 is 0 Å². The molecule has 0 radical (unpaired) electrons. The van der Waals surface area contributed by atoms with E-state index in [1.54, 1.807) is 18.3 Å². The van der Waals surface area contributed by atoms with Gasteiger partial charge in [0.25, 0.3) is 0 Å². The molecule has 0 aliphatic rings. The van der Waals surface area contributed by atoms with Crippen molar-refractivity contribution in [3.8, 4) is 0 Å². The molecule has 0 unspecified atom stereocenters. The first-order valence-electron chi connectivity index (χ1n) is 4.59. The lowest BCUT2D eigenvalue weighted by atomic mass is 10.5. The number of carbonyl (C=O) groups excluding carboxylic acids is 1. The lowest BCUT2D eigenvalue weighted by molar-refractivity contribution is -0.116. The van der Waals surface area contributed by atoms with Crippen molar-refractivity contribution in [1.82, 2.24) is 20.0 Å². The van der Waals surface area contributed by atoms with Crippen molar-refractivity contribution in [3.05, 3.63) is 30.7 Å². The van der Waals surface area contributed by atoms with Crippen LogP contribution < -0.4 is 11.1 Å². The number of amides is 1. The van der Waals surface area contributed by atoms with Crippen LogP contribution in [0.15, 0.2) is 30.7 Å². The maximum atomic E-state index is 11.5. The molecule has 7 nitrogen and oxygen atoms in total. The molecule has 82 valence electrons. The van der Waals surface area contributed by atoms with Crippen LogP contribution in [0, 0.1) is 0 Å². The maximum absolute atomic E-state index is 11.5. The van der Waals surface area contributed by atoms with E-state index in [1.807, 2.05) is 0 Å². The van der Waals surface area contributed by atoms with Gasteiger partial charge in [-0.15, -0.1) is 5.10 Å². The number of anilines is 2. The summed E-state index contributed by atoms with van der Waals surface area (Å²) < 4.78 is 1.45. The Morgan fingerprint density at radius 3 is 3.06 bits per heavy atom. The van der Waals surface area contributed by atoms with Crippen LogP contribution in [0.25, 0.3) is 0 Å². The molecule has 0 aliphatic carbocycles. The van der Waals surface area contributed by atoms with Crippen molar-refractivity contribution in [2.75, 3.05) is 11.1 Å². The van der Waals surface area contributed by atoms with Gasteiger partial charge >= 0.3 is 0 Å². The van der Waals surface area contributed by atoms with E-state index in [2.05, 4.69) is 20.6 Å². The Morgan fingerprint density at radius 1 is 1.56 bits per heavy atom. The molecule has 0 saturated heterocycles. The molecule has 7 heteroatoms. The highest BCUT2D eigenvalue weighted by molar-refractivity contribution is 5.89. The van der Waals surface area contributed by atoms with Gasteiger partial charge in [0, 0.05) is 12.4 Å². The Kier molecular flexibility index (Phi) is 2.77. The zero-order chi connectivity index (χ0) is 11.4. The van der Waals surface area contributed by atoms with Crippen molar-refractivity contribution < 1.29 is 4.79 Å². The summed E-state index contributed by atoms with van der Waals surface area (Å²) in [6.07, 6.45) is 4.59. The van der Waals surface area contributed by atoms with Crippen molar-refractivity contribution in [2.24, 2.45) is 0 Å². The molecule has 2 aromatic heterocycles. The average Bonchev–Trinajstić information content (AvgIpc) is 2.65. The minimum atomic E-state index is -0.233. The molecule has 1 amide bonds. The van der Waals surface area contributed by atoms with Gasteiger partial charge in [-0.1, -0.05) is 0 Å². The number of hydrogen-bond donors (Lipinski definition) is 2. The molecule has 0 spiro atoms. The number of carbonyl (C=O) groups is 1. The van der Waals surface area contributed by atoms with Gasteiger partial charge in [0.2, 0.25) is 5.91 Å². The predicted molar refractivity (Wildman–Crippen MR) is 57.3 cm³/mol. The zero-order valence-electron chi connectivity index (χ0n) is 8.37. The summed E-state index contributed by atoms with van der Waals surface area (Å²) in [5.74, 6) is 0.177. The van der Waals surface area contributed by atoms with Gasteiger partial charge in [-0.05, 0) is 12.1 Å². The highest BCUT2D eigenvalue weighted by Crippen LogP contribution is 2.00. The van der Waals surface area contributed by atoms with Crippen LogP contribution in [0.4, 0.5) is 11.5 Å². The topological polar surface area (TPSA) is 98.7 Å². The Morgan fingerprint density at radius 2 is 2.44 bits per heavy atom. The summed E-state index contributed by atoms with van der Waals surface area (Å²) >= 11 is 0. The first-order valence-corrected chi connectivity index (χ1v) is 4.59. The van der Waals surface area contributed by atoms with Crippen LogP contribution in [-0.2, 0) is 11.3 Å². The lowest BCUT2D eigenvalue weighted by Crippen LogP contribution is -2.19. The van der Waals surface area contributed by atoms with Crippen LogP contribution >= 0.6 is 0 Å². The molecule has 16 heavy (non-hydrogen) atoms. The van der Waals surface area contributed by atoms with Crippen molar-refractivity contribution in [1.29, 1.82) is 0 Å². The number of nitrogens with two attached hydrogens (primary N) is 1. The van der Waals surface area contributed by atoms with Gasteiger partial charge < -0.3 is 11.1 Å². The van der Waals surface area contributed by atoms with Gasteiger partial charge in [-0.2, -0.15) is 10.2 Å². The monoisotopic (exact) mass is 218 g/mol. The summed E-state index contributed by atoms with van der Waals surface area (Å²) in [6, 6.07) is 3.34. The van der Waals surface area contributed by atoms with Gasteiger partial charge in [0.1, 0.15) is 6.54 Å². The second kappa shape index (κ2) is 4.39. The predicted octanol–water partition coefficient (Wildman–Crippen LogP) is -0.106. The molecule has 0 bridgehead atoms. The summed E-state index contributed by atoms with van der Waals surface area (Å²) in [7, 11) is 0. The fourth-order valence-electron chi connectivity index (χ4n) is 1.16. The van der Waals surface area contributed by atoms with Crippen molar-refractivity contribution >= 4 is 17.4 Å². The van der Waals surface area contributed by atoms with Crippen LogP contribution in [0.3, 0.4) is 0 Å². The van der Waals surface area contributed by atoms with Crippen LogP contribution in [0.2, 0.25) is 0 Å². The maximum Gasteiger partial charge on any atom is 0.247 e. The van der Waals surface area contributed by atoms with Gasteiger partial charge in [0.05, 0.1) is 11.9 Å². The third kappa shape index (κ3) is 2.53. The summed E-state index contributed by atoms with van der Waals surface area (Å²) in [6.45, 7) is 0.0910. The Hall–Kier alpha value is -2.44. The van der Waals surface area contributed by atoms with Crippen LogP contribution in [0.1, 0.15) is 0 Å². The van der Waals surface area contributed by atoms with E-state index in [1.165, 1.54) is 17.1 Å². The fourth-order valence-corrected chi connectivity index (χ4v) is 1.16. The van der Waals surface area contributed by atoms with E-state index >= 15 is 0 Å². The van der Waals surface area contributed by atoms with E-state index in [9.17, 15) is 4.79 Å². The second-order valence-electron chi connectivity index (χ2n) is 3.13. The highest BCUT2D eigenvalue weighted by Gasteiger charge is 2.04. The number of nitrogen functional groups attached to an aromatic ring is 1. The summed E-state index contributed by atoms with van der Waals surface area (Å²) in [5.41, 5.74) is 5.99. The van der Waals surface area contributed by atoms with Crippen LogP contribution in [0.5, 0.6) is 0 Å². The fraction of sp³-hybridized carbons (Fsp3) is 0.111. The van der Waals surface area contributed by atoms with E-state index in [-0.39, 0.29) is 12.5 Å². The van der Waals surface area contributed by atoms with E-state index in [0.717, 1.165) is 0 Å². The molecule has 2 aromatic rings. The number of nitrogens with zero attached hydrogens (tertiary/aromatic N) is 4. The number of nitrogens with one attached hydrogen (secondary N) is 1. The minimum Gasteiger partial charge on any atom is -0.396 e. The molecule has 0 fully saturated rings. The Balaban J connectivity index is 1.95. The quantitative estimate of drug-likeness (QED) is 0.749. The van der Waals surface area contributed by atoms with Crippen LogP contribution in [-0.4, -0.2) is 25.9 Å². The first kappa shape index (κ1) is 10.1. The Labute approximate surface area is 91.3 Å². The molecule has 2 rings (SSSR count). The third-order valence-electron chi connectivity index (χ3n) is 1.80. The molecule has 2 heterocycles. The molecular weight excluding hydrogens is 208 g/mol. The van der Waals surface area contributed by atoms with E-state index in [4.69, 9.17) is 5.73 Å². The zero-order valence-corrected chi connectivity index (χ0v) is 8.37. The first-order chi connectivity index (χ1) is 7.74. The third-order valence-corrected chi connectivity index (χ3v) is 1.80. The molecule has 0 aromatic carbocycles. The number of rotatable bonds is 3. The molecular formula is C9H10N6O. The Bertz CT molecular complexity index is 480. The van der Waals surface area contributed by atoms with Crippen molar-refractivity contribution in [2.45, 2.75) is 6.54 Å². The number of aromatic nitrogens is 4. The van der Waals surface area contributed by atoms with E-state index in [0.29, 0.717) is 11.5 Å². The minimum absolute atomic E-state index is 0.0910. The average molecular weight is 218 g/mol. The standard InChI is InChI=1S/C9H10N6O/c10-7-4-12-15(5-7)6-9(16)13-8-2-1-3-11-14-8/h1-5H,6,10H2,(H,13,14,16). The van der Waals surface area contributed by atoms with Gasteiger partial charge in [-0.3, -0.25) is 9.48 Å². The summed E-state index contributed by atoms with van der Waals surface area (Å²) in [4.78, 5) is 11.5. The number of hydrogen-bond acceptors (Lipinski definition) is 5. The highest BCUT2D eigenvalue weighted by atomic mass is 16.2. The summed E-state index contributed by atoms with van der Waals surface area (Å²) in [5, 5.41) is 13.8. The smallest absolute Gasteiger partial charge is 0.247 e. The molecule has 0 aliphatic heterocycles.